The summed E-state index contributed by atoms with van der Waals surface area (Å²) in [5.74, 6) is 0.948. The number of ether oxygens (including phenoxy) is 1. The molecule has 0 bridgehead atoms. The Morgan fingerprint density at radius 3 is 2.26 bits per heavy atom. The predicted molar refractivity (Wildman–Crippen MR) is 81.6 cm³/mol. The van der Waals surface area contributed by atoms with Crippen LogP contribution in [0.4, 0.5) is 0 Å². The molecule has 1 aromatic rings. The molecule has 0 amide bonds. The zero-order valence-corrected chi connectivity index (χ0v) is 11.9. The average molecular weight is 264 g/mol. The van der Waals surface area contributed by atoms with Gasteiger partial charge < -0.3 is 15.8 Å². The highest BCUT2D eigenvalue weighted by Crippen LogP contribution is 2.07. The van der Waals surface area contributed by atoms with Crippen molar-refractivity contribution >= 4 is 0 Å². The molecule has 0 radical (unpaired) electrons. The minimum atomic E-state index is 0.737. The number of hydrogen-bond donors (Lipinski definition) is 2. The van der Waals surface area contributed by atoms with Crippen molar-refractivity contribution in [2.24, 2.45) is 5.73 Å². The fourth-order valence-electron chi connectivity index (χ4n) is 1.98. The third kappa shape index (κ3) is 9.51. The van der Waals surface area contributed by atoms with Crippen molar-refractivity contribution in [2.45, 2.75) is 38.5 Å². The smallest absolute Gasteiger partial charge is 0.119 e. The molecule has 3 N–H and O–H groups in total. The maximum Gasteiger partial charge on any atom is 0.119 e. The summed E-state index contributed by atoms with van der Waals surface area (Å²) in [7, 11) is 0. The normalized spacial score (nSPS) is 10.6. The van der Waals surface area contributed by atoms with Crippen LogP contribution >= 0.6 is 0 Å². The highest BCUT2D eigenvalue weighted by atomic mass is 16.5. The Bertz CT molecular complexity index is 290. The highest BCUT2D eigenvalue weighted by Gasteiger charge is 1.93. The zero-order valence-electron chi connectivity index (χ0n) is 11.9. The molecule has 0 aliphatic heterocycles. The van der Waals surface area contributed by atoms with Crippen LogP contribution in [0.2, 0.25) is 0 Å². The van der Waals surface area contributed by atoms with Crippen LogP contribution in [-0.2, 0) is 0 Å². The van der Waals surface area contributed by atoms with Gasteiger partial charge in [-0.2, -0.15) is 0 Å². The molecule has 19 heavy (non-hydrogen) atoms. The van der Waals surface area contributed by atoms with Crippen LogP contribution < -0.4 is 15.8 Å². The van der Waals surface area contributed by atoms with Crippen LogP contribution in [0.1, 0.15) is 38.5 Å². The lowest BCUT2D eigenvalue weighted by atomic mass is 10.1. The lowest BCUT2D eigenvalue weighted by Gasteiger charge is -2.07. The van der Waals surface area contributed by atoms with Gasteiger partial charge in [-0.15, -0.1) is 0 Å². The average Bonchev–Trinajstić information content (AvgIpc) is 2.46. The van der Waals surface area contributed by atoms with E-state index in [4.69, 9.17) is 10.5 Å². The molecule has 3 heteroatoms. The Morgan fingerprint density at radius 1 is 0.842 bits per heavy atom. The molecule has 0 heterocycles. The molecule has 0 aromatic heterocycles. The van der Waals surface area contributed by atoms with Crippen LogP contribution in [0.5, 0.6) is 5.75 Å². The summed E-state index contributed by atoms with van der Waals surface area (Å²) in [6.07, 6.45) is 7.70. The van der Waals surface area contributed by atoms with Crippen molar-refractivity contribution in [3.8, 4) is 5.75 Å². The van der Waals surface area contributed by atoms with Gasteiger partial charge in [-0.05, 0) is 38.1 Å². The van der Waals surface area contributed by atoms with Gasteiger partial charge in [-0.3, -0.25) is 0 Å². The minimum absolute atomic E-state index is 0.737. The van der Waals surface area contributed by atoms with Gasteiger partial charge >= 0.3 is 0 Å². The summed E-state index contributed by atoms with van der Waals surface area (Å²) in [6, 6.07) is 9.96. The first-order chi connectivity index (χ1) is 9.43. The fraction of sp³-hybridized carbons (Fsp3) is 0.625. The molecular formula is C16H28N2O. The Kier molecular flexibility index (Phi) is 10.1. The molecule has 1 rings (SSSR count). The van der Waals surface area contributed by atoms with Crippen molar-refractivity contribution in [1.29, 1.82) is 0 Å². The summed E-state index contributed by atoms with van der Waals surface area (Å²) in [5, 5.41) is 3.41. The predicted octanol–water partition coefficient (Wildman–Crippen LogP) is 2.95. The molecule has 0 unspecified atom stereocenters. The maximum absolute atomic E-state index is 5.60. The molecule has 1 aromatic carbocycles. The molecule has 0 aliphatic rings. The molecule has 0 spiro atoms. The van der Waals surface area contributed by atoms with Gasteiger partial charge in [0.05, 0.1) is 0 Å². The first-order valence-corrected chi connectivity index (χ1v) is 7.52. The van der Waals surface area contributed by atoms with E-state index in [1.54, 1.807) is 0 Å². The fourth-order valence-corrected chi connectivity index (χ4v) is 1.98. The number of para-hydroxylation sites is 1. The standard InChI is InChI=1S/C16H28N2O/c17-12-8-3-1-2-4-9-13-18-14-15-19-16-10-6-5-7-11-16/h5-7,10-11,18H,1-4,8-9,12-15,17H2. The van der Waals surface area contributed by atoms with Gasteiger partial charge in [-0.25, -0.2) is 0 Å². The monoisotopic (exact) mass is 264 g/mol. The summed E-state index contributed by atoms with van der Waals surface area (Å²) in [4.78, 5) is 0. The van der Waals surface area contributed by atoms with E-state index in [0.717, 1.165) is 32.0 Å². The van der Waals surface area contributed by atoms with Gasteiger partial charge in [0.2, 0.25) is 0 Å². The minimum Gasteiger partial charge on any atom is -0.492 e. The third-order valence-corrected chi connectivity index (χ3v) is 3.10. The second-order valence-electron chi connectivity index (χ2n) is 4.82. The van der Waals surface area contributed by atoms with Gasteiger partial charge in [-0.1, -0.05) is 43.9 Å². The molecule has 0 saturated heterocycles. The van der Waals surface area contributed by atoms with Gasteiger partial charge in [0.15, 0.2) is 0 Å². The van der Waals surface area contributed by atoms with Crippen LogP contribution in [0, 0.1) is 0 Å². The van der Waals surface area contributed by atoms with Crippen LogP contribution in [0.15, 0.2) is 30.3 Å². The summed E-state index contributed by atoms with van der Waals surface area (Å²) >= 11 is 0. The van der Waals surface area contributed by atoms with E-state index in [9.17, 15) is 0 Å². The first-order valence-electron chi connectivity index (χ1n) is 7.52. The third-order valence-electron chi connectivity index (χ3n) is 3.10. The molecule has 3 nitrogen and oxygen atoms in total. The van der Waals surface area contributed by atoms with Gasteiger partial charge in [0.25, 0.3) is 0 Å². The number of nitrogens with one attached hydrogen (secondary N) is 1. The van der Waals surface area contributed by atoms with E-state index in [-0.39, 0.29) is 0 Å². The molecule has 0 aliphatic carbocycles. The number of unbranched alkanes of at least 4 members (excludes halogenated alkanes) is 5. The van der Waals surface area contributed by atoms with Crippen molar-refractivity contribution < 1.29 is 4.74 Å². The van der Waals surface area contributed by atoms with E-state index in [1.165, 1.54) is 38.5 Å². The van der Waals surface area contributed by atoms with Gasteiger partial charge in [0.1, 0.15) is 12.4 Å². The van der Waals surface area contributed by atoms with Crippen LogP contribution in [0.3, 0.4) is 0 Å². The lowest BCUT2D eigenvalue weighted by molar-refractivity contribution is 0.313. The molecule has 108 valence electrons. The summed E-state index contributed by atoms with van der Waals surface area (Å²) < 4.78 is 5.60. The second-order valence-corrected chi connectivity index (χ2v) is 4.82. The van der Waals surface area contributed by atoms with Crippen molar-refractivity contribution in [1.82, 2.24) is 5.32 Å². The summed E-state index contributed by atoms with van der Waals surface area (Å²) in [6.45, 7) is 3.58. The molecule has 0 fully saturated rings. The lowest BCUT2D eigenvalue weighted by Crippen LogP contribution is -2.22. The maximum atomic E-state index is 5.60. The Balaban J connectivity index is 1.79. The number of rotatable bonds is 12. The first kappa shape index (κ1) is 16.0. The molecular weight excluding hydrogens is 236 g/mol. The Labute approximate surface area is 117 Å². The second kappa shape index (κ2) is 12.0. The summed E-state index contributed by atoms with van der Waals surface area (Å²) in [5.41, 5.74) is 5.46. The highest BCUT2D eigenvalue weighted by molar-refractivity contribution is 5.20. The number of hydrogen-bond acceptors (Lipinski definition) is 3. The molecule has 0 atom stereocenters. The Hall–Kier alpha value is -1.06. The van der Waals surface area contributed by atoms with Gasteiger partial charge in [0, 0.05) is 6.54 Å². The quantitative estimate of drug-likeness (QED) is 0.571. The van der Waals surface area contributed by atoms with E-state index in [0.29, 0.717) is 0 Å². The van der Waals surface area contributed by atoms with Crippen molar-refractivity contribution in [3.05, 3.63) is 30.3 Å². The van der Waals surface area contributed by atoms with Crippen molar-refractivity contribution in [2.75, 3.05) is 26.2 Å². The van der Waals surface area contributed by atoms with Crippen LogP contribution in [-0.4, -0.2) is 26.2 Å². The zero-order chi connectivity index (χ0) is 13.6. The molecule has 0 saturated carbocycles. The van der Waals surface area contributed by atoms with E-state index in [1.807, 2.05) is 30.3 Å². The van der Waals surface area contributed by atoms with E-state index in [2.05, 4.69) is 5.32 Å². The topological polar surface area (TPSA) is 47.3 Å². The SMILES string of the molecule is NCCCCCCCCNCCOc1ccccc1. The van der Waals surface area contributed by atoms with Crippen LogP contribution in [0.25, 0.3) is 0 Å². The number of benzene rings is 1. The largest absolute Gasteiger partial charge is 0.492 e. The van der Waals surface area contributed by atoms with E-state index >= 15 is 0 Å². The van der Waals surface area contributed by atoms with E-state index < -0.39 is 0 Å². The Morgan fingerprint density at radius 2 is 1.53 bits per heavy atom. The number of nitrogens with two attached hydrogens (primary N) is 1. The van der Waals surface area contributed by atoms with Crippen molar-refractivity contribution in [3.63, 3.8) is 0 Å².